The lowest BCUT2D eigenvalue weighted by atomic mass is 10.1. The topological polar surface area (TPSA) is 70.6 Å². The molecule has 0 saturated carbocycles. The maximum Gasteiger partial charge on any atom is 0.412 e. The first kappa shape index (κ1) is 20.2. The van der Waals surface area contributed by atoms with Crippen molar-refractivity contribution < 1.29 is 19.0 Å². The second kappa shape index (κ2) is 8.51. The molecule has 0 heterocycles. The van der Waals surface area contributed by atoms with E-state index in [0.29, 0.717) is 21.4 Å². The molecule has 0 radical (unpaired) electrons. The molecule has 0 aliphatic rings. The minimum absolute atomic E-state index is 0.227. The zero-order valence-corrected chi connectivity index (χ0v) is 16.5. The number of halogens is 2. The smallest absolute Gasteiger partial charge is 0.412 e. The quantitative estimate of drug-likeness (QED) is 0.628. The summed E-state index contributed by atoms with van der Waals surface area (Å²) in [6.07, 6.45) is -0.541. The molecule has 0 saturated heterocycles. The number of anilines is 2. The SMILES string of the molecule is CC(C)(C)OC(=O)Nc1cccc(NCc2ccc(Br)c(CO)c2F)c1. The summed E-state index contributed by atoms with van der Waals surface area (Å²) >= 11 is 3.22. The van der Waals surface area contributed by atoms with Crippen LogP contribution >= 0.6 is 15.9 Å². The molecule has 2 aromatic rings. The fraction of sp³-hybridized carbons (Fsp3) is 0.316. The number of carbonyl (C=O) groups is 1. The summed E-state index contributed by atoms with van der Waals surface area (Å²) in [5.74, 6) is -0.447. The Labute approximate surface area is 160 Å². The van der Waals surface area contributed by atoms with Gasteiger partial charge in [-0.2, -0.15) is 0 Å². The first-order chi connectivity index (χ1) is 12.2. The second-order valence-corrected chi connectivity index (χ2v) is 7.57. The molecule has 26 heavy (non-hydrogen) atoms. The molecule has 0 fully saturated rings. The summed E-state index contributed by atoms with van der Waals surface area (Å²) in [4.78, 5) is 11.8. The molecule has 0 unspecified atom stereocenters. The van der Waals surface area contributed by atoms with Gasteiger partial charge in [0, 0.05) is 33.5 Å². The van der Waals surface area contributed by atoms with Crippen LogP contribution in [0.4, 0.5) is 20.6 Å². The van der Waals surface area contributed by atoms with E-state index < -0.39 is 17.5 Å². The Balaban J connectivity index is 2.04. The van der Waals surface area contributed by atoms with E-state index in [1.165, 1.54) is 0 Å². The highest BCUT2D eigenvalue weighted by molar-refractivity contribution is 9.10. The molecule has 2 aromatic carbocycles. The second-order valence-electron chi connectivity index (χ2n) is 6.72. The average Bonchev–Trinajstić information content (AvgIpc) is 2.53. The van der Waals surface area contributed by atoms with E-state index >= 15 is 0 Å². The Morgan fingerprint density at radius 2 is 1.92 bits per heavy atom. The molecule has 3 N–H and O–H groups in total. The Kier molecular flexibility index (Phi) is 6.61. The van der Waals surface area contributed by atoms with Crippen molar-refractivity contribution in [2.24, 2.45) is 0 Å². The summed E-state index contributed by atoms with van der Waals surface area (Å²) in [6.45, 7) is 5.23. The minimum Gasteiger partial charge on any atom is -0.444 e. The lowest BCUT2D eigenvalue weighted by Crippen LogP contribution is -2.27. The number of aliphatic hydroxyl groups is 1. The van der Waals surface area contributed by atoms with Gasteiger partial charge in [-0.25, -0.2) is 9.18 Å². The molecule has 7 heteroatoms. The van der Waals surface area contributed by atoms with E-state index in [1.807, 2.05) is 6.07 Å². The normalized spacial score (nSPS) is 11.2. The van der Waals surface area contributed by atoms with Crippen molar-refractivity contribution in [3.8, 4) is 0 Å². The third-order valence-electron chi connectivity index (χ3n) is 3.41. The van der Waals surface area contributed by atoms with Crippen LogP contribution in [0.3, 0.4) is 0 Å². The van der Waals surface area contributed by atoms with Gasteiger partial charge in [0.15, 0.2) is 0 Å². The minimum atomic E-state index is -0.580. The lowest BCUT2D eigenvalue weighted by molar-refractivity contribution is 0.0636. The predicted molar refractivity (Wildman–Crippen MR) is 104 cm³/mol. The number of benzene rings is 2. The molecular formula is C19H22BrFN2O3. The third kappa shape index (κ3) is 5.71. The molecule has 0 aromatic heterocycles. The van der Waals surface area contributed by atoms with Crippen LogP contribution in [0.25, 0.3) is 0 Å². The lowest BCUT2D eigenvalue weighted by Gasteiger charge is -2.19. The van der Waals surface area contributed by atoms with Gasteiger partial charge in [-0.15, -0.1) is 0 Å². The van der Waals surface area contributed by atoms with Gasteiger partial charge in [-0.05, 0) is 45.0 Å². The first-order valence-corrected chi connectivity index (χ1v) is 8.89. The number of ether oxygens (including phenoxy) is 1. The van der Waals surface area contributed by atoms with Gasteiger partial charge in [0.2, 0.25) is 0 Å². The summed E-state index contributed by atoms with van der Waals surface area (Å²) in [6, 6.07) is 10.4. The van der Waals surface area contributed by atoms with E-state index in [2.05, 4.69) is 26.6 Å². The van der Waals surface area contributed by atoms with Crippen LogP contribution < -0.4 is 10.6 Å². The van der Waals surface area contributed by atoms with Gasteiger partial charge in [-0.3, -0.25) is 5.32 Å². The molecule has 1 amide bonds. The average molecular weight is 425 g/mol. The standard InChI is InChI=1S/C19H22BrFN2O3/c1-19(2,3)26-18(25)23-14-6-4-5-13(9-14)22-10-12-7-8-16(20)15(11-24)17(12)21/h4-9,22,24H,10-11H2,1-3H3,(H,23,25). The summed E-state index contributed by atoms with van der Waals surface area (Å²) < 4.78 is 20.1. The zero-order valence-electron chi connectivity index (χ0n) is 14.9. The van der Waals surface area contributed by atoms with Crippen molar-refractivity contribution in [3.05, 3.63) is 57.8 Å². The van der Waals surface area contributed by atoms with E-state index in [4.69, 9.17) is 4.74 Å². The fourth-order valence-corrected chi connectivity index (χ4v) is 2.68. The van der Waals surface area contributed by atoms with Crippen molar-refractivity contribution >= 4 is 33.4 Å². The number of carbonyl (C=O) groups excluding carboxylic acids is 1. The number of aliphatic hydroxyl groups excluding tert-OH is 1. The van der Waals surface area contributed by atoms with Gasteiger partial charge in [0.1, 0.15) is 11.4 Å². The number of rotatable bonds is 5. The largest absolute Gasteiger partial charge is 0.444 e. The van der Waals surface area contributed by atoms with Crippen LogP contribution in [0.5, 0.6) is 0 Å². The van der Waals surface area contributed by atoms with Gasteiger partial charge in [0.25, 0.3) is 0 Å². The molecule has 140 valence electrons. The van der Waals surface area contributed by atoms with Crippen molar-refractivity contribution in [3.63, 3.8) is 0 Å². The zero-order chi connectivity index (χ0) is 19.3. The van der Waals surface area contributed by atoms with Crippen LogP contribution in [0.15, 0.2) is 40.9 Å². The highest BCUT2D eigenvalue weighted by atomic mass is 79.9. The van der Waals surface area contributed by atoms with Crippen LogP contribution in [-0.2, 0) is 17.9 Å². The van der Waals surface area contributed by atoms with E-state index in [9.17, 15) is 14.3 Å². The molecule has 0 atom stereocenters. The molecule has 2 rings (SSSR count). The van der Waals surface area contributed by atoms with Crippen LogP contribution in [0.1, 0.15) is 31.9 Å². The van der Waals surface area contributed by atoms with Gasteiger partial charge in [-0.1, -0.05) is 28.1 Å². The van der Waals surface area contributed by atoms with Crippen molar-refractivity contribution in [1.29, 1.82) is 0 Å². The molecule has 5 nitrogen and oxygen atoms in total. The third-order valence-corrected chi connectivity index (χ3v) is 4.16. The van der Waals surface area contributed by atoms with Crippen LogP contribution in [-0.4, -0.2) is 16.8 Å². The van der Waals surface area contributed by atoms with Crippen molar-refractivity contribution in [2.75, 3.05) is 10.6 Å². The van der Waals surface area contributed by atoms with E-state index in [1.54, 1.807) is 51.1 Å². The monoisotopic (exact) mass is 424 g/mol. The fourth-order valence-electron chi connectivity index (χ4n) is 2.25. The molecular weight excluding hydrogens is 403 g/mol. The van der Waals surface area contributed by atoms with Gasteiger partial charge >= 0.3 is 6.09 Å². The number of hydrogen-bond donors (Lipinski definition) is 3. The maximum atomic E-state index is 14.3. The molecule has 0 spiro atoms. The van der Waals surface area contributed by atoms with Gasteiger partial charge in [0.05, 0.1) is 6.61 Å². The van der Waals surface area contributed by atoms with Gasteiger partial charge < -0.3 is 15.2 Å². The highest BCUT2D eigenvalue weighted by Gasteiger charge is 2.16. The van der Waals surface area contributed by atoms with E-state index in [0.717, 1.165) is 0 Å². The Morgan fingerprint density at radius 3 is 2.58 bits per heavy atom. The summed E-state index contributed by atoms with van der Waals surface area (Å²) in [5, 5.41) is 15.0. The van der Waals surface area contributed by atoms with Crippen molar-refractivity contribution in [2.45, 2.75) is 39.5 Å². The Bertz CT molecular complexity index is 791. The van der Waals surface area contributed by atoms with E-state index in [-0.39, 0.29) is 18.7 Å². The number of hydrogen-bond acceptors (Lipinski definition) is 4. The molecule has 0 aliphatic heterocycles. The predicted octanol–water partition coefficient (Wildman–Crippen LogP) is 5.04. The first-order valence-electron chi connectivity index (χ1n) is 8.10. The molecule has 0 aliphatic carbocycles. The highest BCUT2D eigenvalue weighted by Crippen LogP contribution is 2.24. The van der Waals surface area contributed by atoms with Crippen LogP contribution in [0, 0.1) is 5.82 Å². The molecule has 0 bridgehead atoms. The number of nitrogens with one attached hydrogen (secondary N) is 2. The summed E-state index contributed by atoms with van der Waals surface area (Å²) in [7, 11) is 0. The van der Waals surface area contributed by atoms with Crippen molar-refractivity contribution in [1.82, 2.24) is 0 Å². The van der Waals surface area contributed by atoms with Crippen LogP contribution in [0.2, 0.25) is 0 Å². The number of amides is 1. The Hall–Kier alpha value is -2.12. The summed E-state index contributed by atoms with van der Waals surface area (Å²) in [5.41, 5.74) is 1.36. The Morgan fingerprint density at radius 1 is 1.23 bits per heavy atom. The maximum absolute atomic E-state index is 14.3.